The number of nitrogens with zero attached hydrogens (tertiary/aromatic N) is 1. The van der Waals surface area contributed by atoms with Gasteiger partial charge in [-0.3, -0.25) is 4.98 Å². The smallest absolute Gasteiger partial charge is 0.141 e. The average Bonchev–Trinajstić information content (AvgIpc) is 2.41. The second-order valence-corrected chi connectivity index (χ2v) is 4.03. The molecule has 1 unspecified atom stereocenters. The van der Waals surface area contributed by atoms with Crippen molar-refractivity contribution in [2.45, 2.75) is 12.5 Å². The SMILES string of the molecule is COc1cccnc1C(N)Cc1ccc(F)cc1. The first kappa shape index (κ1) is 12.5. The molecule has 0 saturated carbocycles. The molecule has 0 aliphatic rings. The molecular formula is C14H15FN2O. The Hall–Kier alpha value is -1.94. The maximum Gasteiger partial charge on any atom is 0.141 e. The van der Waals surface area contributed by atoms with Gasteiger partial charge in [0.1, 0.15) is 11.6 Å². The molecule has 0 aliphatic carbocycles. The third kappa shape index (κ3) is 2.84. The van der Waals surface area contributed by atoms with Crippen LogP contribution in [0, 0.1) is 5.82 Å². The molecule has 94 valence electrons. The molecule has 3 nitrogen and oxygen atoms in total. The van der Waals surface area contributed by atoms with Crippen LogP contribution in [0.3, 0.4) is 0 Å². The molecule has 18 heavy (non-hydrogen) atoms. The monoisotopic (exact) mass is 246 g/mol. The first-order valence-corrected chi connectivity index (χ1v) is 5.69. The van der Waals surface area contributed by atoms with Crippen molar-refractivity contribution in [3.63, 3.8) is 0 Å². The number of nitrogens with two attached hydrogens (primary N) is 1. The fourth-order valence-corrected chi connectivity index (χ4v) is 1.82. The molecule has 1 atom stereocenters. The fourth-order valence-electron chi connectivity index (χ4n) is 1.82. The van der Waals surface area contributed by atoms with E-state index in [0.717, 1.165) is 5.56 Å². The van der Waals surface area contributed by atoms with Crippen LogP contribution in [0.5, 0.6) is 5.75 Å². The van der Waals surface area contributed by atoms with E-state index in [2.05, 4.69) is 4.98 Å². The van der Waals surface area contributed by atoms with E-state index in [1.165, 1.54) is 12.1 Å². The summed E-state index contributed by atoms with van der Waals surface area (Å²) in [5, 5.41) is 0. The van der Waals surface area contributed by atoms with E-state index < -0.39 is 0 Å². The quantitative estimate of drug-likeness (QED) is 0.901. The second-order valence-electron chi connectivity index (χ2n) is 4.03. The molecule has 0 saturated heterocycles. The third-order valence-electron chi connectivity index (χ3n) is 2.74. The lowest BCUT2D eigenvalue weighted by Crippen LogP contribution is -2.16. The van der Waals surface area contributed by atoms with Gasteiger partial charge in [-0.25, -0.2) is 4.39 Å². The summed E-state index contributed by atoms with van der Waals surface area (Å²) in [7, 11) is 1.59. The highest BCUT2D eigenvalue weighted by atomic mass is 19.1. The van der Waals surface area contributed by atoms with Crippen molar-refractivity contribution in [1.82, 2.24) is 4.98 Å². The molecular weight excluding hydrogens is 231 g/mol. The summed E-state index contributed by atoms with van der Waals surface area (Å²) in [6, 6.07) is 9.66. The van der Waals surface area contributed by atoms with Gasteiger partial charge in [0.2, 0.25) is 0 Å². The Morgan fingerprint density at radius 2 is 2.00 bits per heavy atom. The predicted octanol–water partition coefficient (Wildman–Crippen LogP) is 2.47. The van der Waals surface area contributed by atoms with Gasteiger partial charge >= 0.3 is 0 Å². The first-order valence-electron chi connectivity index (χ1n) is 5.69. The lowest BCUT2D eigenvalue weighted by Gasteiger charge is -2.14. The number of methoxy groups -OCH3 is 1. The molecule has 0 fully saturated rings. The molecule has 4 heteroatoms. The Morgan fingerprint density at radius 3 is 2.67 bits per heavy atom. The van der Waals surface area contributed by atoms with E-state index >= 15 is 0 Å². The largest absolute Gasteiger partial charge is 0.495 e. The zero-order valence-electron chi connectivity index (χ0n) is 10.1. The van der Waals surface area contributed by atoms with E-state index in [1.807, 2.05) is 6.07 Å². The minimum atomic E-state index is -0.272. The minimum absolute atomic E-state index is 0.247. The van der Waals surface area contributed by atoms with Crippen LogP contribution in [0.25, 0.3) is 0 Å². The minimum Gasteiger partial charge on any atom is -0.495 e. The zero-order chi connectivity index (χ0) is 13.0. The second kappa shape index (κ2) is 5.60. The van der Waals surface area contributed by atoms with Crippen molar-refractivity contribution in [3.05, 3.63) is 59.7 Å². The van der Waals surface area contributed by atoms with Gasteiger partial charge in [0.15, 0.2) is 0 Å². The summed E-state index contributed by atoms with van der Waals surface area (Å²) < 4.78 is 18.0. The molecule has 0 bridgehead atoms. The Labute approximate surface area is 105 Å². The maximum atomic E-state index is 12.8. The van der Waals surface area contributed by atoms with Gasteiger partial charge in [0, 0.05) is 6.20 Å². The lowest BCUT2D eigenvalue weighted by molar-refractivity contribution is 0.401. The number of hydrogen-bond donors (Lipinski definition) is 1. The number of aromatic nitrogens is 1. The van der Waals surface area contributed by atoms with Gasteiger partial charge in [-0.1, -0.05) is 12.1 Å². The van der Waals surface area contributed by atoms with Crippen molar-refractivity contribution in [2.75, 3.05) is 7.11 Å². The standard InChI is InChI=1S/C14H15FN2O/c1-18-13-3-2-8-17-14(13)12(16)9-10-4-6-11(15)7-5-10/h2-8,12H,9,16H2,1H3. The highest BCUT2D eigenvalue weighted by Gasteiger charge is 2.13. The Morgan fingerprint density at radius 1 is 1.28 bits per heavy atom. The molecule has 1 heterocycles. The van der Waals surface area contributed by atoms with E-state index in [1.54, 1.807) is 31.5 Å². The van der Waals surface area contributed by atoms with Crippen molar-refractivity contribution in [3.8, 4) is 5.75 Å². The van der Waals surface area contributed by atoms with E-state index in [0.29, 0.717) is 17.9 Å². The number of pyridine rings is 1. The Bertz CT molecular complexity index is 513. The van der Waals surface area contributed by atoms with Crippen LogP contribution in [0.15, 0.2) is 42.6 Å². The van der Waals surface area contributed by atoms with Crippen LogP contribution in [0.1, 0.15) is 17.3 Å². The molecule has 1 aromatic carbocycles. The van der Waals surface area contributed by atoms with E-state index in [4.69, 9.17) is 10.5 Å². The molecule has 2 N–H and O–H groups in total. The highest BCUT2D eigenvalue weighted by Crippen LogP contribution is 2.23. The van der Waals surface area contributed by atoms with Crippen molar-refractivity contribution in [2.24, 2.45) is 5.73 Å². The van der Waals surface area contributed by atoms with Crippen molar-refractivity contribution < 1.29 is 9.13 Å². The maximum absolute atomic E-state index is 12.8. The Kier molecular flexibility index (Phi) is 3.89. The number of hydrogen-bond acceptors (Lipinski definition) is 3. The van der Waals surface area contributed by atoms with Crippen LogP contribution >= 0.6 is 0 Å². The summed E-state index contributed by atoms with van der Waals surface area (Å²) in [6.07, 6.45) is 2.27. The molecule has 2 aromatic rings. The number of benzene rings is 1. The van der Waals surface area contributed by atoms with Crippen molar-refractivity contribution >= 4 is 0 Å². The topological polar surface area (TPSA) is 48.1 Å². The normalized spacial score (nSPS) is 12.2. The number of halogens is 1. The molecule has 0 amide bonds. The number of ether oxygens (including phenoxy) is 1. The van der Waals surface area contributed by atoms with Gasteiger partial charge in [0.25, 0.3) is 0 Å². The van der Waals surface area contributed by atoms with Crippen LogP contribution in [-0.2, 0) is 6.42 Å². The Balaban J connectivity index is 2.16. The summed E-state index contributed by atoms with van der Waals surface area (Å²) in [5.41, 5.74) is 7.79. The first-order chi connectivity index (χ1) is 8.70. The van der Waals surface area contributed by atoms with Gasteiger partial charge < -0.3 is 10.5 Å². The van der Waals surface area contributed by atoms with Crippen molar-refractivity contribution in [1.29, 1.82) is 0 Å². The summed E-state index contributed by atoms with van der Waals surface area (Å²) in [4.78, 5) is 4.24. The molecule has 2 rings (SSSR count). The molecule has 1 aromatic heterocycles. The molecule has 0 spiro atoms. The highest BCUT2D eigenvalue weighted by molar-refractivity contribution is 5.31. The predicted molar refractivity (Wildman–Crippen MR) is 67.8 cm³/mol. The van der Waals surface area contributed by atoms with Gasteiger partial charge in [-0.2, -0.15) is 0 Å². The van der Waals surface area contributed by atoms with Gasteiger partial charge in [0.05, 0.1) is 18.8 Å². The fraction of sp³-hybridized carbons (Fsp3) is 0.214. The summed E-state index contributed by atoms with van der Waals surface area (Å²) in [6.45, 7) is 0. The van der Waals surface area contributed by atoms with Gasteiger partial charge in [-0.15, -0.1) is 0 Å². The van der Waals surface area contributed by atoms with Crippen LogP contribution in [0.4, 0.5) is 4.39 Å². The van der Waals surface area contributed by atoms with E-state index in [9.17, 15) is 4.39 Å². The summed E-state index contributed by atoms with van der Waals surface area (Å²) >= 11 is 0. The third-order valence-corrected chi connectivity index (χ3v) is 2.74. The number of rotatable bonds is 4. The summed E-state index contributed by atoms with van der Waals surface area (Å²) in [5.74, 6) is 0.426. The van der Waals surface area contributed by atoms with Crippen LogP contribution in [0.2, 0.25) is 0 Å². The average molecular weight is 246 g/mol. The molecule has 0 radical (unpaired) electrons. The molecule has 0 aliphatic heterocycles. The van der Waals surface area contributed by atoms with E-state index in [-0.39, 0.29) is 11.9 Å². The lowest BCUT2D eigenvalue weighted by atomic mass is 10.0. The van der Waals surface area contributed by atoms with Crippen LogP contribution < -0.4 is 10.5 Å². The zero-order valence-corrected chi connectivity index (χ0v) is 10.1. The van der Waals surface area contributed by atoms with Crippen LogP contribution in [-0.4, -0.2) is 12.1 Å². The van der Waals surface area contributed by atoms with Gasteiger partial charge in [-0.05, 0) is 36.2 Å².